The van der Waals surface area contributed by atoms with Gasteiger partial charge in [-0.3, -0.25) is 4.79 Å². The fourth-order valence-corrected chi connectivity index (χ4v) is 1.62. The van der Waals surface area contributed by atoms with Gasteiger partial charge in [0.2, 0.25) is 0 Å². The van der Waals surface area contributed by atoms with E-state index in [1.54, 1.807) is 0 Å². The van der Waals surface area contributed by atoms with E-state index >= 15 is 0 Å². The van der Waals surface area contributed by atoms with Crippen LogP contribution in [0.1, 0.15) is 16.1 Å². The lowest BCUT2D eigenvalue weighted by atomic mass is 10.2. The molecular formula is C13H17N5O3. The number of aromatic nitrogens is 3. The van der Waals surface area contributed by atoms with E-state index in [2.05, 4.69) is 10.3 Å². The molecule has 2 rings (SSSR count). The molecule has 0 fully saturated rings. The standard InChI is InChI=1S/C13H17N5O3/c14-12-11(13(15)19)16-17-18(12)9-21-7-6-20-8-10-4-2-1-3-5-10/h1-5H,6-9,14H2,(H2,15,19). The Bertz CT molecular complexity index is 585. The molecule has 1 aromatic carbocycles. The quantitative estimate of drug-likeness (QED) is 0.668. The van der Waals surface area contributed by atoms with Gasteiger partial charge in [-0.25, -0.2) is 4.68 Å². The minimum Gasteiger partial charge on any atom is -0.382 e. The molecule has 0 aliphatic rings. The third-order valence-electron chi connectivity index (χ3n) is 2.70. The number of benzene rings is 1. The van der Waals surface area contributed by atoms with E-state index in [1.807, 2.05) is 30.3 Å². The first-order valence-corrected chi connectivity index (χ1v) is 6.36. The predicted octanol–water partition coefficient (Wildman–Crippen LogP) is 0.150. The summed E-state index contributed by atoms with van der Waals surface area (Å²) in [6.07, 6.45) is 0. The fraction of sp³-hybridized carbons (Fsp3) is 0.308. The first-order chi connectivity index (χ1) is 10.2. The summed E-state index contributed by atoms with van der Waals surface area (Å²) in [6, 6.07) is 9.85. The van der Waals surface area contributed by atoms with Crippen LogP contribution in [0.2, 0.25) is 0 Å². The van der Waals surface area contributed by atoms with Crippen LogP contribution in [0.3, 0.4) is 0 Å². The smallest absolute Gasteiger partial charge is 0.273 e. The zero-order chi connectivity index (χ0) is 15.1. The van der Waals surface area contributed by atoms with Crippen LogP contribution < -0.4 is 11.5 Å². The van der Waals surface area contributed by atoms with E-state index < -0.39 is 5.91 Å². The Morgan fingerprint density at radius 3 is 2.57 bits per heavy atom. The maximum atomic E-state index is 11.0. The average Bonchev–Trinajstić information content (AvgIpc) is 2.85. The van der Waals surface area contributed by atoms with Crippen molar-refractivity contribution in [2.45, 2.75) is 13.3 Å². The molecule has 0 unspecified atom stereocenters. The van der Waals surface area contributed by atoms with E-state index in [0.29, 0.717) is 19.8 Å². The maximum Gasteiger partial charge on any atom is 0.273 e. The lowest BCUT2D eigenvalue weighted by molar-refractivity contribution is 0.00979. The van der Waals surface area contributed by atoms with Gasteiger partial charge in [-0.15, -0.1) is 5.10 Å². The molecule has 1 heterocycles. The van der Waals surface area contributed by atoms with E-state index in [-0.39, 0.29) is 18.2 Å². The van der Waals surface area contributed by atoms with Crippen molar-refractivity contribution in [2.75, 3.05) is 18.9 Å². The maximum absolute atomic E-state index is 11.0. The summed E-state index contributed by atoms with van der Waals surface area (Å²) in [5.74, 6) is -0.627. The Morgan fingerprint density at radius 2 is 1.90 bits per heavy atom. The summed E-state index contributed by atoms with van der Waals surface area (Å²) in [4.78, 5) is 11.0. The van der Waals surface area contributed by atoms with Gasteiger partial charge in [0.25, 0.3) is 5.91 Å². The number of hydrogen-bond acceptors (Lipinski definition) is 6. The van der Waals surface area contributed by atoms with E-state index in [9.17, 15) is 4.79 Å². The van der Waals surface area contributed by atoms with Crippen molar-refractivity contribution in [3.05, 3.63) is 41.6 Å². The first-order valence-electron chi connectivity index (χ1n) is 6.36. The van der Waals surface area contributed by atoms with Crippen molar-refractivity contribution in [2.24, 2.45) is 5.73 Å². The number of rotatable bonds is 8. The molecule has 1 aromatic heterocycles. The molecule has 0 radical (unpaired) electrons. The first kappa shape index (κ1) is 14.9. The summed E-state index contributed by atoms with van der Waals surface area (Å²) in [5.41, 5.74) is 11.8. The second-order valence-corrected chi connectivity index (χ2v) is 4.26. The Balaban J connectivity index is 1.65. The van der Waals surface area contributed by atoms with Gasteiger partial charge in [0.1, 0.15) is 6.73 Å². The molecule has 0 spiro atoms. The van der Waals surface area contributed by atoms with Crippen LogP contribution >= 0.6 is 0 Å². The lowest BCUT2D eigenvalue weighted by Gasteiger charge is -2.06. The number of nitrogens with zero attached hydrogens (tertiary/aromatic N) is 3. The highest BCUT2D eigenvalue weighted by Gasteiger charge is 2.13. The molecule has 0 aliphatic carbocycles. The van der Waals surface area contributed by atoms with Crippen LogP contribution in [-0.2, 0) is 22.8 Å². The van der Waals surface area contributed by atoms with Crippen molar-refractivity contribution in [3.63, 3.8) is 0 Å². The van der Waals surface area contributed by atoms with Crippen LogP contribution in [0.15, 0.2) is 30.3 Å². The van der Waals surface area contributed by atoms with Crippen molar-refractivity contribution in [3.8, 4) is 0 Å². The van der Waals surface area contributed by atoms with Gasteiger partial charge in [-0.1, -0.05) is 35.5 Å². The Morgan fingerprint density at radius 1 is 1.19 bits per heavy atom. The molecule has 2 aromatic rings. The van der Waals surface area contributed by atoms with Crippen LogP contribution in [0.4, 0.5) is 5.82 Å². The third kappa shape index (κ3) is 4.26. The van der Waals surface area contributed by atoms with Gasteiger partial charge in [0.15, 0.2) is 11.5 Å². The number of amides is 1. The predicted molar refractivity (Wildman–Crippen MR) is 75.0 cm³/mol. The highest BCUT2D eigenvalue weighted by Crippen LogP contribution is 2.06. The van der Waals surface area contributed by atoms with Crippen LogP contribution in [0, 0.1) is 0 Å². The summed E-state index contributed by atoms with van der Waals surface area (Å²) in [7, 11) is 0. The molecule has 0 bridgehead atoms. The number of ether oxygens (including phenoxy) is 2. The fourth-order valence-electron chi connectivity index (χ4n) is 1.62. The zero-order valence-electron chi connectivity index (χ0n) is 11.4. The lowest BCUT2D eigenvalue weighted by Crippen LogP contribution is -2.15. The van der Waals surface area contributed by atoms with Gasteiger partial charge in [-0.2, -0.15) is 0 Å². The molecule has 21 heavy (non-hydrogen) atoms. The number of primary amides is 1. The normalized spacial score (nSPS) is 10.7. The largest absolute Gasteiger partial charge is 0.382 e. The summed E-state index contributed by atoms with van der Waals surface area (Å²) in [6.45, 7) is 1.42. The summed E-state index contributed by atoms with van der Waals surface area (Å²) in [5, 5.41) is 7.25. The number of hydrogen-bond donors (Lipinski definition) is 2. The summed E-state index contributed by atoms with van der Waals surface area (Å²) >= 11 is 0. The minimum atomic E-state index is -0.718. The van der Waals surface area contributed by atoms with Gasteiger partial charge < -0.3 is 20.9 Å². The molecule has 8 heteroatoms. The van der Waals surface area contributed by atoms with Crippen molar-refractivity contribution >= 4 is 11.7 Å². The van der Waals surface area contributed by atoms with Crippen molar-refractivity contribution in [1.82, 2.24) is 15.0 Å². The highest BCUT2D eigenvalue weighted by molar-refractivity contribution is 5.94. The topological polar surface area (TPSA) is 118 Å². The van der Waals surface area contributed by atoms with E-state index in [1.165, 1.54) is 4.68 Å². The molecule has 4 N–H and O–H groups in total. The van der Waals surface area contributed by atoms with Crippen molar-refractivity contribution in [1.29, 1.82) is 0 Å². The summed E-state index contributed by atoms with van der Waals surface area (Å²) < 4.78 is 12.1. The second-order valence-electron chi connectivity index (χ2n) is 4.26. The van der Waals surface area contributed by atoms with E-state index in [4.69, 9.17) is 20.9 Å². The molecule has 0 saturated heterocycles. The molecule has 1 amide bonds. The van der Waals surface area contributed by atoms with E-state index in [0.717, 1.165) is 5.56 Å². The van der Waals surface area contributed by atoms with Gasteiger partial charge >= 0.3 is 0 Å². The Hall–Kier alpha value is -2.45. The van der Waals surface area contributed by atoms with Crippen molar-refractivity contribution < 1.29 is 14.3 Å². The molecule has 112 valence electrons. The number of nitrogens with two attached hydrogens (primary N) is 2. The highest BCUT2D eigenvalue weighted by atomic mass is 16.5. The minimum absolute atomic E-state index is 0.0565. The van der Waals surface area contributed by atoms with Gasteiger partial charge in [0, 0.05) is 0 Å². The molecule has 8 nitrogen and oxygen atoms in total. The van der Waals surface area contributed by atoms with Crippen LogP contribution in [-0.4, -0.2) is 34.1 Å². The average molecular weight is 291 g/mol. The van der Waals surface area contributed by atoms with Gasteiger partial charge in [0.05, 0.1) is 19.8 Å². The Kier molecular flexibility index (Phi) is 5.24. The molecular weight excluding hydrogens is 274 g/mol. The molecule has 0 aliphatic heterocycles. The van der Waals surface area contributed by atoms with Gasteiger partial charge in [-0.05, 0) is 5.56 Å². The van der Waals surface area contributed by atoms with Crippen LogP contribution in [0.25, 0.3) is 0 Å². The molecule has 0 saturated carbocycles. The number of nitrogen functional groups attached to an aromatic ring is 1. The third-order valence-corrected chi connectivity index (χ3v) is 2.70. The Labute approximate surface area is 121 Å². The number of carbonyl (C=O) groups excluding carboxylic acids is 1. The second kappa shape index (κ2) is 7.36. The van der Waals surface area contributed by atoms with Crippen LogP contribution in [0.5, 0.6) is 0 Å². The molecule has 0 atom stereocenters. The monoisotopic (exact) mass is 291 g/mol. The number of carbonyl (C=O) groups is 1. The zero-order valence-corrected chi connectivity index (χ0v) is 11.4. The SMILES string of the molecule is NC(=O)c1nnn(COCCOCc2ccccc2)c1N. The number of anilines is 1.